The molecule has 0 bridgehead atoms. The molecule has 0 fully saturated rings. The molecule has 0 aliphatic carbocycles. The Hall–Kier alpha value is -1.59. The number of nitrogens with one attached hydrogen (secondary N) is 2. The quantitative estimate of drug-likeness (QED) is 0.0657. The molecule has 48 heavy (non-hydrogen) atoms. The van der Waals surface area contributed by atoms with Crippen molar-refractivity contribution in [3.63, 3.8) is 0 Å². The van der Waals surface area contributed by atoms with Crippen LogP contribution in [-0.4, -0.2) is 41.9 Å². The van der Waals surface area contributed by atoms with Gasteiger partial charge < -0.3 is 10.2 Å². The third-order valence-corrected chi connectivity index (χ3v) is 10.2. The van der Waals surface area contributed by atoms with Gasteiger partial charge in [-0.1, -0.05) is 201 Å². The Morgan fingerprint density at radius 2 is 0.854 bits per heavy atom. The van der Waals surface area contributed by atoms with E-state index in [-0.39, 0.29) is 18.0 Å². The van der Waals surface area contributed by atoms with E-state index >= 15 is 0 Å². The van der Waals surface area contributed by atoms with Crippen LogP contribution in [0.5, 0.6) is 0 Å². The van der Waals surface area contributed by atoms with Gasteiger partial charge in [0.05, 0.1) is 6.54 Å². The van der Waals surface area contributed by atoms with Crippen LogP contribution >= 0.6 is 0 Å². The molecule has 282 valence electrons. The van der Waals surface area contributed by atoms with Gasteiger partial charge in [0.1, 0.15) is 6.17 Å². The second kappa shape index (κ2) is 33.9. The van der Waals surface area contributed by atoms with E-state index in [0.717, 1.165) is 38.6 Å². The number of hydrogen-bond acceptors (Lipinski definition) is 4. The minimum atomic E-state index is -0.110. The van der Waals surface area contributed by atoms with Crippen LogP contribution in [0.25, 0.3) is 0 Å². The molecule has 1 atom stereocenters. The molecular weight excluding hydrogens is 592 g/mol. The zero-order chi connectivity index (χ0) is 34.8. The minimum Gasteiger partial charge on any atom is -0.336 e. The van der Waals surface area contributed by atoms with Crippen molar-refractivity contribution in [2.75, 3.05) is 13.1 Å². The number of guanidine groups is 1. The van der Waals surface area contributed by atoms with Crippen LogP contribution < -0.4 is 10.6 Å². The molecule has 0 saturated carbocycles. The number of rotatable bonds is 35. The Balaban J connectivity index is 2.02. The Labute approximate surface area is 299 Å². The van der Waals surface area contributed by atoms with E-state index < -0.39 is 0 Å². The van der Waals surface area contributed by atoms with Gasteiger partial charge in [-0.25, -0.2) is 0 Å². The summed E-state index contributed by atoms with van der Waals surface area (Å²) in [5.41, 5.74) is 0. The van der Waals surface area contributed by atoms with Crippen molar-refractivity contribution in [3.8, 4) is 0 Å². The molecule has 6 nitrogen and oxygen atoms in total. The van der Waals surface area contributed by atoms with Crippen LogP contribution in [0.15, 0.2) is 4.99 Å². The molecule has 0 spiro atoms. The highest BCUT2D eigenvalue weighted by Crippen LogP contribution is 2.16. The van der Waals surface area contributed by atoms with Crippen LogP contribution in [0.1, 0.15) is 233 Å². The molecule has 1 aliphatic rings. The lowest BCUT2D eigenvalue weighted by molar-refractivity contribution is -0.122. The number of hydrogen-bond donors (Lipinski definition) is 2. The van der Waals surface area contributed by atoms with Crippen molar-refractivity contribution < 1.29 is 9.59 Å². The van der Waals surface area contributed by atoms with E-state index in [1.165, 1.54) is 167 Å². The lowest BCUT2D eigenvalue weighted by Crippen LogP contribution is -2.53. The Bertz CT molecular complexity index is 771. The van der Waals surface area contributed by atoms with Gasteiger partial charge in [-0.05, 0) is 19.3 Å². The smallest absolute Gasteiger partial charge is 0.226 e. The van der Waals surface area contributed by atoms with Gasteiger partial charge >= 0.3 is 0 Å². The lowest BCUT2D eigenvalue weighted by atomic mass is 10.0. The zero-order valence-electron chi connectivity index (χ0n) is 32.5. The summed E-state index contributed by atoms with van der Waals surface area (Å²) in [6.07, 6.45) is 41.6. The van der Waals surface area contributed by atoms with Crippen LogP contribution in [0.2, 0.25) is 0 Å². The summed E-state index contributed by atoms with van der Waals surface area (Å²) in [6.45, 7) is 8.06. The van der Waals surface area contributed by atoms with E-state index in [1.54, 1.807) is 0 Å². The monoisotopic (exact) mass is 675 g/mol. The molecule has 0 saturated heterocycles. The van der Waals surface area contributed by atoms with Crippen molar-refractivity contribution in [1.29, 1.82) is 0 Å². The molecule has 2 amide bonds. The molecule has 0 aromatic heterocycles. The van der Waals surface area contributed by atoms with Gasteiger partial charge in [-0.3, -0.25) is 19.9 Å². The zero-order valence-corrected chi connectivity index (χ0v) is 32.5. The van der Waals surface area contributed by atoms with E-state index in [9.17, 15) is 9.59 Å². The second-order valence-corrected chi connectivity index (χ2v) is 14.8. The van der Waals surface area contributed by atoms with E-state index in [1.807, 2.05) is 0 Å². The first-order chi connectivity index (χ1) is 23.6. The average Bonchev–Trinajstić information content (AvgIpc) is 3.54. The maximum atomic E-state index is 12.7. The van der Waals surface area contributed by atoms with Gasteiger partial charge in [0, 0.05) is 19.4 Å². The van der Waals surface area contributed by atoms with Gasteiger partial charge in [-0.2, -0.15) is 0 Å². The third-order valence-electron chi connectivity index (χ3n) is 10.2. The summed E-state index contributed by atoms with van der Waals surface area (Å²) in [5.74, 6) is 0.807. The highest BCUT2D eigenvalue weighted by molar-refractivity contribution is 5.97. The standard InChI is InChI=1S/C42H82N4O2/c1-4-7-9-11-13-15-17-19-21-23-25-27-29-31-33-35-40(47)44-39(6-3)46-38-37-43-42(46)45-41(48)36-34-32-30-28-26-24-22-20-18-16-14-12-10-8-5-2/h39H,4-38H2,1-3H3,(H,44,47)(H,43,45,48). The van der Waals surface area contributed by atoms with Gasteiger partial charge in [-0.15, -0.1) is 0 Å². The van der Waals surface area contributed by atoms with E-state index in [4.69, 9.17) is 0 Å². The summed E-state index contributed by atoms with van der Waals surface area (Å²) >= 11 is 0. The molecule has 1 rings (SSSR count). The number of nitrogens with zero attached hydrogens (tertiary/aromatic N) is 2. The number of amides is 2. The van der Waals surface area contributed by atoms with E-state index in [0.29, 0.717) is 25.3 Å². The first-order valence-electron chi connectivity index (χ1n) is 21.5. The van der Waals surface area contributed by atoms with Gasteiger partial charge in [0.15, 0.2) is 0 Å². The molecule has 2 N–H and O–H groups in total. The second-order valence-electron chi connectivity index (χ2n) is 14.8. The molecule has 6 heteroatoms. The number of unbranched alkanes of at least 4 members (excludes halogenated alkanes) is 28. The van der Waals surface area contributed by atoms with Crippen molar-refractivity contribution in [2.24, 2.45) is 4.99 Å². The predicted octanol–water partition coefficient (Wildman–Crippen LogP) is 12.1. The van der Waals surface area contributed by atoms with Crippen molar-refractivity contribution in [1.82, 2.24) is 15.5 Å². The normalized spacial score (nSPS) is 13.6. The van der Waals surface area contributed by atoms with Crippen molar-refractivity contribution >= 4 is 17.8 Å². The van der Waals surface area contributed by atoms with Crippen molar-refractivity contribution in [3.05, 3.63) is 0 Å². The summed E-state index contributed by atoms with van der Waals surface area (Å²) in [6, 6.07) is 0. The van der Waals surface area contributed by atoms with Gasteiger partial charge in [0.25, 0.3) is 0 Å². The van der Waals surface area contributed by atoms with Crippen LogP contribution in [0.4, 0.5) is 0 Å². The summed E-state index contributed by atoms with van der Waals surface area (Å²) in [7, 11) is 0. The maximum Gasteiger partial charge on any atom is 0.226 e. The largest absolute Gasteiger partial charge is 0.336 e. The SMILES string of the molecule is CCCCCCCCCCCCCCCCCC(=O)NC1=NCCN1C(CC)NC(=O)CCCCCCCCCCCCCCCCC. The Morgan fingerprint density at radius 1 is 0.521 bits per heavy atom. The number of carbonyl (C=O) groups excluding carboxylic acids is 2. The Kier molecular flexibility index (Phi) is 31.4. The summed E-state index contributed by atoms with van der Waals surface area (Å²) in [4.78, 5) is 32.0. The van der Waals surface area contributed by atoms with E-state index in [2.05, 4.69) is 41.3 Å². The molecule has 0 aromatic rings. The van der Waals surface area contributed by atoms with Crippen LogP contribution in [-0.2, 0) is 9.59 Å². The maximum absolute atomic E-state index is 12.7. The predicted molar refractivity (Wildman–Crippen MR) is 208 cm³/mol. The summed E-state index contributed by atoms with van der Waals surface area (Å²) < 4.78 is 0. The topological polar surface area (TPSA) is 73.8 Å². The molecule has 1 unspecified atom stereocenters. The molecule has 1 heterocycles. The minimum absolute atomic E-state index is 0.0503. The number of aliphatic imine (C=N–C) groups is 1. The third kappa shape index (κ3) is 26.3. The van der Waals surface area contributed by atoms with Crippen molar-refractivity contribution in [2.45, 2.75) is 239 Å². The summed E-state index contributed by atoms with van der Waals surface area (Å²) in [5, 5.41) is 6.27. The highest BCUT2D eigenvalue weighted by atomic mass is 16.2. The Morgan fingerprint density at radius 3 is 1.21 bits per heavy atom. The number of carbonyl (C=O) groups is 2. The fourth-order valence-corrected chi connectivity index (χ4v) is 7.03. The average molecular weight is 675 g/mol. The van der Waals surface area contributed by atoms with Crippen LogP contribution in [0, 0.1) is 0 Å². The fraction of sp³-hybridized carbons (Fsp3) is 0.929. The highest BCUT2D eigenvalue weighted by Gasteiger charge is 2.26. The molecule has 0 radical (unpaired) electrons. The molecule has 0 aromatic carbocycles. The molecule has 1 aliphatic heterocycles. The van der Waals surface area contributed by atoms with Crippen LogP contribution in [0.3, 0.4) is 0 Å². The van der Waals surface area contributed by atoms with Gasteiger partial charge in [0.2, 0.25) is 17.8 Å². The fourth-order valence-electron chi connectivity index (χ4n) is 7.03. The molecular formula is C42H82N4O2. The lowest BCUT2D eigenvalue weighted by Gasteiger charge is -2.30. The first kappa shape index (κ1) is 44.4. The first-order valence-corrected chi connectivity index (χ1v) is 21.5.